The third-order valence-electron chi connectivity index (χ3n) is 8.55. The number of aromatic nitrogens is 6. The standard InChI is InChI=1S/C33H37N11O3/c1-47-32-38-20-25(21-39-32)24-18-36-31(37-19-24)44(33(46)40-16-22-5-3-2-4-6-22)27-9-7-26(8-10-27)41-30-35-17-23(15-34)29(42-30)43-13-11-28(45)12-14-43/h2-6,17-21,26-28,45H,7-14,16H2,1H3,(H,40,46)(H,35,41,42). The SMILES string of the molecule is COc1ncc(-c2cnc(N(C(=O)NCc3ccccc3)C3CCC(Nc4ncc(C#N)c(N5CCC(O)CC5)n4)CC3)nc2)cn1. The maximum Gasteiger partial charge on any atom is 0.324 e. The van der Waals surface area contributed by atoms with Gasteiger partial charge in [-0.2, -0.15) is 10.2 Å². The van der Waals surface area contributed by atoms with Crippen LogP contribution in [0.4, 0.5) is 22.5 Å². The van der Waals surface area contributed by atoms with Crippen LogP contribution < -0.4 is 25.2 Å². The zero-order valence-electron chi connectivity index (χ0n) is 26.2. The van der Waals surface area contributed by atoms with Crippen LogP contribution in [0.5, 0.6) is 6.01 Å². The summed E-state index contributed by atoms with van der Waals surface area (Å²) in [5.74, 6) is 1.37. The number of anilines is 3. The Bertz CT molecular complexity index is 1670. The van der Waals surface area contributed by atoms with Crippen molar-refractivity contribution in [3.63, 3.8) is 0 Å². The summed E-state index contributed by atoms with van der Waals surface area (Å²) in [6, 6.07) is 11.9. The van der Waals surface area contributed by atoms with Gasteiger partial charge in [0.1, 0.15) is 11.6 Å². The third kappa shape index (κ3) is 7.70. The lowest BCUT2D eigenvalue weighted by Crippen LogP contribution is -2.49. The number of ether oxygens (including phenoxy) is 1. The summed E-state index contributed by atoms with van der Waals surface area (Å²) >= 11 is 0. The number of benzene rings is 1. The summed E-state index contributed by atoms with van der Waals surface area (Å²) in [7, 11) is 1.51. The van der Waals surface area contributed by atoms with Gasteiger partial charge in [-0.25, -0.2) is 29.7 Å². The minimum absolute atomic E-state index is 0.0859. The number of carbonyl (C=O) groups excluding carboxylic acids is 1. The first-order valence-electron chi connectivity index (χ1n) is 15.8. The molecule has 4 heterocycles. The molecule has 0 spiro atoms. The molecule has 2 aliphatic rings. The highest BCUT2D eigenvalue weighted by molar-refractivity contribution is 5.90. The molecular weight excluding hydrogens is 598 g/mol. The number of nitrogens with zero attached hydrogens (tertiary/aromatic N) is 9. The van der Waals surface area contributed by atoms with E-state index in [1.54, 1.807) is 35.9 Å². The van der Waals surface area contributed by atoms with Crippen molar-refractivity contribution >= 4 is 23.7 Å². The number of nitriles is 1. The molecule has 3 aromatic heterocycles. The molecule has 1 aliphatic heterocycles. The quantitative estimate of drug-likeness (QED) is 0.243. The van der Waals surface area contributed by atoms with Crippen LogP contribution >= 0.6 is 0 Å². The predicted octanol–water partition coefficient (Wildman–Crippen LogP) is 3.70. The summed E-state index contributed by atoms with van der Waals surface area (Å²) in [5.41, 5.74) is 2.86. The number of hydrogen-bond donors (Lipinski definition) is 3. The van der Waals surface area contributed by atoms with E-state index in [4.69, 9.17) is 9.72 Å². The normalized spacial score (nSPS) is 18.2. The van der Waals surface area contributed by atoms with Gasteiger partial charge < -0.3 is 25.4 Å². The molecule has 242 valence electrons. The number of aliphatic hydroxyl groups excluding tert-OH is 1. The van der Waals surface area contributed by atoms with Crippen molar-refractivity contribution in [1.82, 2.24) is 35.2 Å². The molecule has 1 saturated heterocycles. The molecule has 3 N–H and O–H groups in total. The molecule has 14 nitrogen and oxygen atoms in total. The number of urea groups is 1. The Morgan fingerprint density at radius 3 is 2.26 bits per heavy atom. The van der Waals surface area contributed by atoms with E-state index in [1.165, 1.54) is 7.11 Å². The summed E-state index contributed by atoms with van der Waals surface area (Å²) in [5, 5.41) is 26.1. The first-order valence-corrected chi connectivity index (χ1v) is 15.8. The lowest BCUT2D eigenvalue weighted by molar-refractivity contribution is 0.145. The topological polar surface area (TPSA) is 178 Å². The predicted molar refractivity (Wildman–Crippen MR) is 175 cm³/mol. The van der Waals surface area contributed by atoms with Gasteiger partial charge in [0.05, 0.1) is 19.4 Å². The van der Waals surface area contributed by atoms with Crippen LogP contribution in [0.25, 0.3) is 11.1 Å². The van der Waals surface area contributed by atoms with Crippen LogP contribution in [0.2, 0.25) is 0 Å². The minimum Gasteiger partial charge on any atom is -0.467 e. The van der Waals surface area contributed by atoms with E-state index in [9.17, 15) is 15.2 Å². The number of nitrogens with one attached hydrogen (secondary N) is 2. The Labute approximate surface area is 272 Å². The second kappa shape index (κ2) is 14.8. The molecule has 47 heavy (non-hydrogen) atoms. The van der Waals surface area contributed by atoms with Crippen molar-refractivity contribution in [3.05, 3.63) is 72.4 Å². The number of amides is 2. The highest BCUT2D eigenvalue weighted by atomic mass is 16.5. The molecule has 0 bridgehead atoms. The van der Waals surface area contributed by atoms with E-state index in [1.807, 2.05) is 35.2 Å². The van der Waals surface area contributed by atoms with Crippen molar-refractivity contribution in [1.29, 1.82) is 5.26 Å². The van der Waals surface area contributed by atoms with Crippen molar-refractivity contribution in [3.8, 4) is 23.2 Å². The molecule has 0 radical (unpaired) electrons. The van der Waals surface area contributed by atoms with Gasteiger partial charge in [-0.05, 0) is 44.1 Å². The molecule has 0 atom stereocenters. The molecule has 6 rings (SSSR count). The fourth-order valence-electron chi connectivity index (χ4n) is 5.94. The number of aliphatic hydroxyl groups is 1. The third-order valence-corrected chi connectivity index (χ3v) is 8.55. The van der Waals surface area contributed by atoms with Gasteiger partial charge in [-0.1, -0.05) is 30.3 Å². The van der Waals surface area contributed by atoms with Crippen LogP contribution in [-0.4, -0.2) is 79.4 Å². The van der Waals surface area contributed by atoms with Gasteiger partial charge in [-0.15, -0.1) is 0 Å². The smallest absolute Gasteiger partial charge is 0.324 e. The summed E-state index contributed by atoms with van der Waals surface area (Å²) < 4.78 is 5.05. The van der Waals surface area contributed by atoms with Crippen LogP contribution in [0.1, 0.15) is 49.7 Å². The number of rotatable bonds is 9. The number of piperidine rings is 1. The van der Waals surface area contributed by atoms with Crippen molar-refractivity contribution in [2.75, 3.05) is 35.3 Å². The van der Waals surface area contributed by atoms with E-state index in [0.717, 1.165) is 29.5 Å². The van der Waals surface area contributed by atoms with E-state index >= 15 is 0 Å². The number of carbonyl (C=O) groups is 1. The minimum atomic E-state index is -0.321. The Morgan fingerprint density at radius 2 is 1.62 bits per heavy atom. The van der Waals surface area contributed by atoms with Crippen LogP contribution in [-0.2, 0) is 6.54 Å². The highest BCUT2D eigenvalue weighted by Crippen LogP contribution is 2.29. The van der Waals surface area contributed by atoms with E-state index in [0.29, 0.717) is 68.6 Å². The first-order chi connectivity index (χ1) is 23.0. The van der Waals surface area contributed by atoms with Gasteiger partial charge >= 0.3 is 12.0 Å². The zero-order chi connectivity index (χ0) is 32.6. The van der Waals surface area contributed by atoms with Crippen LogP contribution in [0, 0.1) is 11.3 Å². The molecule has 2 amide bonds. The molecule has 1 aromatic carbocycles. The molecule has 14 heteroatoms. The van der Waals surface area contributed by atoms with Gasteiger partial charge in [0, 0.05) is 67.6 Å². The fourth-order valence-corrected chi connectivity index (χ4v) is 5.94. The Kier molecular flexibility index (Phi) is 9.93. The second-order valence-electron chi connectivity index (χ2n) is 11.7. The molecular formula is C33H37N11O3. The maximum atomic E-state index is 13.7. The van der Waals surface area contributed by atoms with Gasteiger partial charge in [-0.3, -0.25) is 4.90 Å². The Balaban J connectivity index is 1.15. The van der Waals surface area contributed by atoms with Crippen molar-refractivity contribution < 1.29 is 14.6 Å². The van der Waals surface area contributed by atoms with E-state index < -0.39 is 0 Å². The molecule has 1 aliphatic carbocycles. The molecule has 0 unspecified atom stereocenters. The van der Waals surface area contributed by atoms with Crippen LogP contribution in [0.3, 0.4) is 0 Å². The van der Waals surface area contributed by atoms with Crippen molar-refractivity contribution in [2.45, 2.75) is 63.3 Å². The summed E-state index contributed by atoms with van der Waals surface area (Å²) in [6.45, 7) is 1.65. The average molecular weight is 636 g/mol. The highest BCUT2D eigenvalue weighted by Gasteiger charge is 2.32. The largest absolute Gasteiger partial charge is 0.467 e. The Hall–Kier alpha value is -5.42. The maximum absolute atomic E-state index is 13.7. The summed E-state index contributed by atoms with van der Waals surface area (Å²) in [6.07, 6.45) is 12.1. The molecule has 1 saturated carbocycles. The van der Waals surface area contributed by atoms with E-state index in [2.05, 4.69) is 41.6 Å². The lowest BCUT2D eigenvalue weighted by Gasteiger charge is -2.36. The fraction of sp³-hybridized carbons (Fsp3) is 0.394. The van der Waals surface area contributed by atoms with Gasteiger partial charge in [0.15, 0.2) is 5.82 Å². The van der Waals surface area contributed by atoms with Crippen LogP contribution in [0.15, 0.2) is 61.3 Å². The average Bonchev–Trinajstić information content (AvgIpc) is 3.13. The zero-order valence-corrected chi connectivity index (χ0v) is 26.2. The van der Waals surface area contributed by atoms with Gasteiger partial charge in [0.25, 0.3) is 0 Å². The van der Waals surface area contributed by atoms with Gasteiger partial charge in [0.2, 0.25) is 11.9 Å². The Morgan fingerprint density at radius 1 is 0.957 bits per heavy atom. The lowest BCUT2D eigenvalue weighted by atomic mass is 9.90. The number of hydrogen-bond acceptors (Lipinski definition) is 12. The monoisotopic (exact) mass is 635 g/mol. The second-order valence-corrected chi connectivity index (χ2v) is 11.7. The van der Waals surface area contributed by atoms with E-state index in [-0.39, 0.29) is 30.2 Å². The molecule has 4 aromatic rings. The summed E-state index contributed by atoms with van der Waals surface area (Å²) in [4.78, 5) is 44.0. The molecule has 2 fully saturated rings. The first kappa shape index (κ1) is 31.6. The van der Waals surface area contributed by atoms with Crippen molar-refractivity contribution in [2.24, 2.45) is 0 Å². The number of methoxy groups -OCH3 is 1.